The fraction of sp³-hybridized carbons (Fsp3) is 0.800. The first-order valence-corrected chi connectivity index (χ1v) is 4.47. The third kappa shape index (κ3) is 2.06. The zero-order valence-corrected chi connectivity index (χ0v) is 7.67. The molecule has 1 rings (SSSR count). The molecule has 0 saturated heterocycles. The van der Waals surface area contributed by atoms with Crippen LogP contribution >= 0.6 is 0 Å². The molecule has 0 fully saturated rings. The van der Waals surface area contributed by atoms with Gasteiger partial charge in [-0.05, 0) is 37.2 Å². The summed E-state index contributed by atoms with van der Waals surface area (Å²) >= 11 is 0. The van der Waals surface area contributed by atoms with Crippen molar-refractivity contribution in [2.24, 2.45) is 11.8 Å². The molecular weight excluding hydrogens is 136 g/mol. The van der Waals surface area contributed by atoms with Crippen molar-refractivity contribution in [3.05, 3.63) is 11.6 Å². The molecule has 1 heteroatoms. The Morgan fingerprint density at radius 3 is 2.55 bits per heavy atom. The fourth-order valence-electron chi connectivity index (χ4n) is 1.64. The molecule has 0 amide bonds. The van der Waals surface area contributed by atoms with Crippen molar-refractivity contribution in [3.63, 3.8) is 0 Å². The van der Waals surface area contributed by atoms with Crippen molar-refractivity contribution >= 4 is 0 Å². The molecule has 64 valence electrons. The average Bonchev–Trinajstić information content (AvgIpc) is 1.94. The van der Waals surface area contributed by atoms with E-state index in [1.54, 1.807) is 0 Å². The van der Waals surface area contributed by atoms with Gasteiger partial charge < -0.3 is 5.11 Å². The van der Waals surface area contributed by atoms with Gasteiger partial charge in [0.1, 0.15) is 0 Å². The van der Waals surface area contributed by atoms with Crippen LogP contribution in [0.1, 0.15) is 33.6 Å². The minimum absolute atomic E-state index is 0.162. The monoisotopic (exact) mass is 154 g/mol. The molecule has 0 heterocycles. The Balaban J connectivity index is 2.62. The molecule has 0 aliphatic heterocycles. The second kappa shape index (κ2) is 3.40. The van der Waals surface area contributed by atoms with Crippen molar-refractivity contribution in [1.82, 2.24) is 0 Å². The number of rotatable bonds is 1. The minimum Gasteiger partial charge on any atom is -0.389 e. The number of allylic oxidation sites excluding steroid dienone is 1. The second-order valence-electron chi connectivity index (χ2n) is 3.91. The molecule has 0 saturated carbocycles. The minimum atomic E-state index is -0.162. The standard InChI is InChI=1S/C10H18O/c1-7(2)9-4-5-10(11)8(3)6-9/h6-7,9-11H,4-5H2,1-3H3. The van der Waals surface area contributed by atoms with Gasteiger partial charge in [-0.3, -0.25) is 0 Å². The van der Waals surface area contributed by atoms with Crippen LogP contribution in [0.15, 0.2) is 11.6 Å². The van der Waals surface area contributed by atoms with Crippen LogP contribution in [0.3, 0.4) is 0 Å². The fourth-order valence-corrected chi connectivity index (χ4v) is 1.64. The summed E-state index contributed by atoms with van der Waals surface area (Å²) in [4.78, 5) is 0. The van der Waals surface area contributed by atoms with Gasteiger partial charge in [0.05, 0.1) is 6.10 Å². The molecule has 2 atom stereocenters. The van der Waals surface area contributed by atoms with Crippen LogP contribution in [0, 0.1) is 11.8 Å². The van der Waals surface area contributed by atoms with E-state index in [2.05, 4.69) is 19.9 Å². The van der Waals surface area contributed by atoms with Gasteiger partial charge in [0.25, 0.3) is 0 Å². The molecule has 0 radical (unpaired) electrons. The molecule has 0 spiro atoms. The maximum Gasteiger partial charge on any atom is 0.0747 e. The summed E-state index contributed by atoms with van der Waals surface area (Å²) in [7, 11) is 0. The van der Waals surface area contributed by atoms with E-state index in [0.29, 0.717) is 5.92 Å². The highest BCUT2D eigenvalue weighted by Gasteiger charge is 2.19. The number of aliphatic hydroxyl groups is 1. The molecule has 0 aromatic rings. The predicted octanol–water partition coefficient (Wildman–Crippen LogP) is 2.36. The quantitative estimate of drug-likeness (QED) is 0.575. The van der Waals surface area contributed by atoms with Crippen LogP contribution in [-0.4, -0.2) is 11.2 Å². The molecule has 0 aromatic heterocycles. The number of hydrogen-bond donors (Lipinski definition) is 1. The Labute approximate surface area is 69.1 Å². The zero-order valence-electron chi connectivity index (χ0n) is 7.67. The van der Waals surface area contributed by atoms with Crippen LogP contribution < -0.4 is 0 Å². The maximum absolute atomic E-state index is 9.41. The summed E-state index contributed by atoms with van der Waals surface area (Å²) in [5, 5.41) is 9.41. The summed E-state index contributed by atoms with van der Waals surface area (Å²) in [5.74, 6) is 1.41. The van der Waals surface area contributed by atoms with Crippen molar-refractivity contribution < 1.29 is 5.11 Å². The summed E-state index contributed by atoms with van der Waals surface area (Å²) in [6, 6.07) is 0. The SMILES string of the molecule is CC1=CC(C(C)C)CCC1O. The molecule has 1 aliphatic carbocycles. The smallest absolute Gasteiger partial charge is 0.0747 e. The van der Waals surface area contributed by atoms with E-state index >= 15 is 0 Å². The molecule has 0 bridgehead atoms. The first-order valence-electron chi connectivity index (χ1n) is 4.47. The van der Waals surface area contributed by atoms with E-state index in [4.69, 9.17) is 0 Å². The lowest BCUT2D eigenvalue weighted by Gasteiger charge is -2.26. The summed E-state index contributed by atoms with van der Waals surface area (Å²) in [5.41, 5.74) is 1.16. The normalized spacial score (nSPS) is 32.3. The molecule has 0 aromatic carbocycles. The van der Waals surface area contributed by atoms with Crippen molar-refractivity contribution in [2.75, 3.05) is 0 Å². The highest BCUT2D eigenvalue weighted by molar-refractivity contribution is 5.10. The Kier molecular flexibility index (Phi) is 2.72. The molecule has 1 nitrogen and oxygen atoms in total. The van der Waals surface area contributed by atoms with Crippen molar-refractivity contribution in [1.29, 1.82) is 0 Å². The number of aliphatic hydroxyl groups excluding tert-OH is 1. The molecular formula is C10H18O. The summed E-state index contributed by atoms with van der Waals surface area (Å²) in [6.45, 7) is 6.51. The van der Waals surface area contributed by atoms with E-state index in [0.717, 1.165) is 24.3 Å². The van der Waals surface area contributed by atoms with Gasteiger partial charge in [0, 0.05) is 0 Å². The van der Waals surface area contributed by atoms with E-state index < -0.39 is 0 Å². The van der Waals surface area contributed by atoms with Crippen LogP contribution in [0.5, 0.6) is 0 Å². The van der Waals surface area contributed by atoms with E-state index in [-0.39, 0.29) is 6.10 Å². The van der Waals surface area contributed by atoms with E-state index in [1.165, 1.54) is 0 Å². The average molecular weight is 154 g/mol. The highest BCUT2D eigenvalue weighted by atomic mass is 16.3. The summed E-state index contributed by atoms with van der Waals surface area (Å²) < 4.78 is 0. The Bertz CT molecular complexity index is 158. The van der Waals surface area contributed by atoms with Crippen LogP contribution in [0.25, 0.3) is 0 Å². The van der Waals surface area contributed by atoms with Gasteiger partial charge in [0.15, 0.2) is 0 Å². The van der Waals surface area contributed by atoms with Crippen LogP contribution in [0.4, 0.5) is 0 Å². The molecule has 1 aliphatic rings. The molecule has 11 heavy (non-hydrogen) atoms. The Morgan fingerprint density at radius 1 is 1.45 bits per heavy atom. The lowest BCUT2D eigenvalue weighted by atomic mass is 9.83. The third-order valence-electron chi connectivity index (χ3n) is 2.63. The first-order chi connectivity index (χ1) is 5.11. The van der Waals surface area contributed by atoms with Gasteiger partial charge in [0.2, 0.25) is 0 Å². The van der Waals surface area contributed by atoms with E-state index in [1.807, 2.05) is 6.92 Å². The third-order valence-corrected chi connectivity index (χ3v) is 2.63. The summed E-state index contributed by atoms with van der Waals surface area (Å²) in [6.07, 6.45) is 4.17. The van der Waals surface area contributed by atoms with Crippen molar-refractivity contribution in [3.8, 4) is 0 Å². The van der Waals surface area contributed by atoms with Gasteiger partial charge >= 0.3 is 0 Å². The van der Waals surface area contributed by atoms with Gasteiger partial charge in [-0.25, -0.2) is 0 Å². The largest absolute Gasteiger partial charge is 0.389 e. The second-order valence-corrected chi connectivity index (χ2v) is 3.91. The lowest BCUT2D eigenvalue weighted by molar-refractivity contribution is 0.175. The first kappa shape index (κ1) is 8.79. The number of hydrogen-bond acceptors (Lipinski definition) is 1. The maximum atomic E-state index is 9.41. The van der Waals surface area contributed by atoms with Gasteiger partial charge in [-0.2, -0.15) is 0 Å². The van der Waals surface area contributed by atoms with Gasteiger partial charge in [-0.15, -0.1) is 0 Å². The van der Waals surface area contributed by atoms with Crippen LogP contribution in [0.2, 0.25) is 0 Å². The zero-order chi connectivity index (χ0) is 8.43. The Morgan fingerprint density at radius 2 is 2.09 bits per heavy atom. The highest BCUT2D eigenvalue weighted by Crippen LogP contribution is 2.27. The van der Waals surface area contributed by atoms with E-state index in [9.17, 15) is 5.11 Å². The van der Waals surface area contributed by atoms with Crippen LogP contribution in [-0.2, 0) is 0 Å². The Hall–Kier alpha value is -0.300. The van der Waals surface area contributed by atoms with Crippen molar-refractivity contribution in [2.45, 2.75) is 39.7 Å². The molecule has 1 N–H and O–H groups in total. The topological polar surface area (TPSA) is 20.2 Å². The molecule has 2 unspecified atom stereocenters. The lowest BCUT2D eigenvalue weighted by Crippen LogP contribution is -2.19. The van der Waals surface area contributed by atoms with Gasteiger partial charge in [-0.1, -0.05) is 19.9 Å². The predicted molar refractivity (Wildman–Crippen MR) is 47.3 cm³/mol.